The lowest BCUT2D eigenvalue weighted by Crippen LogP contribution is -2.41. The first-order valence-corrected chi connectivity index (χ1v) is 11.6. The lowest BCUT2D eigenvalue weighted by atomic mass is 9.92. The quantitative estimate of drug-likeness (QED) is 0.650. The fourth-order valence-electron chi connectivity index (χ4n) is 4.19. The largest absolute Gasteiger partial charge is 0.365 e. The maximum absolute atomic E-state index is 13.0. The number of carbonyl (C=O) groups is 1. The number of rotatable bonds is 5. The summed E-state index contributed by atoms with van der Waals surface area (Å²) in [6, 6.07) is 4.17. The summed E-state index contributed by atoms with van der Waals surface area (Å²) in [5.41, 5.74) is 1.89. The van der Waals surface area contributed by atoms with Crippen LogP contribution in [0.2, 0.25) is 0 Å². The maximum Gasteiger partial charge on any atom is 0.225 e. The van der Waals surface area contributed by atoms with E-state index in [9.17, 15) is 4.79 Å². The van der Waals surface area contributed by atoms with Crippen LogP contribution in [0.5, 0.6) is 0 Å². The number of imidazole rings is 1. The minimum atomic E-state index is -0.0676. The highest BCUT2D eigenvalue weighted by Gasteiger charge is 2.30. The molecule has 6 nitrogen and oxygen atoms in total. The second-order valence-electron chi connectivity index (χ2n) is 9.31. The first-order valence-electron chi connectivity index (χ1n) is 10.7. The van der Waals surface area contributed by atoms with E-state index in [1.54, 1.807) is 17.5 Å². The zero-order chi connectivity index (χ0) is 21.3. The van der Waals surface area contributed by atoms with Crippen molar-refractivity contribution in [3.8, 4) is 0 Å². The second kappa shape index (κ2) is 8.38. The number of thiophene rings is 1. The number of nitrogens with one attached hydrogen (secondary N) is 1. The van der Waals surface area contributed by atoms with Gasteiger partial charge < -0.3 is 10.2 Å². The summed E-state index contributed by atoms with van der Waals surface area (Å²) in [6.45, 7) is 10.1. The van der Waals surface area contributed by atoms with E-state index in [2.05, 4.69) is 59.9 Å². The molecule has 0 unspecified atom stereocenters. The van der Waals surface area contributed by atoms with E-state index in [0.717, 1.165) is 49.5 Å². The first-order chi connectivity index (χ1) is 14.3. The minimum absolute atomic E-state index is 0.0274. The smallest absolute Gasteiger partial charge is 0.225 e. The number of piperidine rings is 1. The van der Waals surface area contributed by atoms with Crippen molar-refractivity contribution in [2.75, 3.05) is 18.4 Å². The average Bonchev–Trinajstić information content (AvgIpc) is 3.35. The standard InChI is InChI=1S/C23H31N5OS/c1-16(14-18-6-5-13-30-18)22(29)27-10-7-17(8-11-27)20-21(26-23(2,3)4)28-12-9-24-15-19(28)25-20/h5-6,9,12-13,15-17,26H,7-8,10-11,14H2,1-4H3/t16-/m0/s1. The van der Waals surface area contributed by atoms with E-state index in [-0.39, 0.29) is 17.4 Å². The van der Waals surface area contributed by atoms with Crippen LogP contribution < -0.4 is 5.32 Å². The van der Waals surface area contributed by atoms with Crippen LogP contribution in [0.25, 0.3) is 5.65 Å². The Morgan fingerprint density at radius 1 is 1.33 bits per heavy atom. The fraction of sp³-hybridized carbons (Fsp3) is 0.522. The van der Waals surface area contributed by atoms with Gasteiger partial charge in [0.15, 0.2) is 5.65 Å². The third-order valence-corrected chi connectivity index (χ3v) is 6.55. The summed E-state index contributed by atoms with van der Waals surface area (Å²) in [5.74, 6) is 1.69. The molecule has 4 heterocycles. The molecule has 1 fully saturated rings. The summed E-state index contributed by atoms with van der Waals surface area (Å²) in [4.78, 5) is 25.4. The van der Waals surface area contributed by atoms with Crippen molar-refractivity contribution in [1.82, 2.24) is 19.3 Å². The molecular weight excluding hydrogens is 394 g/mol. The molecule has 160 valence electrons. The average molecular weight is 426 g/mol. The van der Waals surface area contributed by atoms with Crippen molar-refractivity contribution in [2.24, 2.45) is 5.92 Å². The van der Waals surface area contributed by atoms with E-state index in [1.165, 1.54) is 4.88 Å². The maximum atomic E-state index is 13.0. The van der Waals surface area contributed by atoms with Gasteiger partial charge in [0.25, 0.3) is 0 Å². The van der Waals surface area contributed by atoms with Crippen LogP contribution in [0.1, 0.15) is 57.0 Å². The third-order valence-electron chi connectivity index (χ3n) is 5.65. The van der Waals surface area contributed by atoms with E-state index in [0.29, 0.717) is 5.92 Å². The molecule has 0 aromatic carbocycles. The number of likely N-dealkylation sites (tertiary alicyclic amines) is 1. The van der Waals surface area contributed by atoms with Crippen LogP contribution >= 0.6 is 11.3 Å². The number of fused-ring (bicyclic) bond motifs is 1. The molecule has 1 N–H and O–H groups in total. The van der Waals surface area contributed by atoms with Gasteiger partial charge in [0, 0.05) is 47.7 Å². The Morgan fingerprint density at radius 3 is 2.77 bits per heavy atom. The minimum Gasteiger partial charge on any atom is -0.365 e. The van der Waals surface area contributed by atoms with Crippen LogP contribution in [0.4, 0.5) is 5.82 Å². The molecule has 3 aromatic rings. The highest BCUT2D eigenvalue weighted by atomic mass is 32.1. The van der Waals surface area contributed by atoms with Crippen molar-refractivity contribution in [1.29, 1.82) is 0 Å². The second-order valence-corrected chi connectivity index (χ2v) is 10.3. The van der Waals surface area contributed by atoms with Gasteiger partial charge in [-0.3, -0.25) is 14.2 Å². The Labute approximate surface area is 182 Å². The number of nitrogens with zero attached hydrogens (tertiary/aromatic N) is 4. The Bertz CT molecular complexity index is 996. The number of hydrogen-bond acceptors (Lipinski definition) is 5. The Morgan fingerprint density at radius 2 is 2.10 bits per heavy atom. The van der Waals surface area contributed by atoms with Crippen LogP contribution in [-0.4, -0.2) is 43.8 Å². The van der Waals surface area contributed by atoms with Gasteiger partial charge in [-0.15, -0.1) is 11.3 Å². The van der Waals surface area contributed by atoms with Gasteiger partial charge >= 0.3 is 0 Å². The van der Waals surface area contributed by atoms with Gasteiger partial charge in [0.05, 0.1) is 11.9 Å². The molecule has 0 spiro atoms. The molecule has 30 heavy (non-hydrogen) atoms. The van der Waals surface area contributed by atoms with Crippen LogP contribution in [0.3, 0.4) is 0 Å². The Balaban J connectivity index is 1.47. The van der Waals surface area contributed by atoms with Gasteiger partial charge in [-0.1, -0.05) is 13.0 Å². The fourth-order valence-corrected chi connectivity index (χ4v) is 5.03. The third kappa shape index (κ3) is 4.51. The van der Waals surface area contributed by atoms with Crippen molar-refractivity contribution in [2.45, 2.75) is 58.4 Å². The zero-order valence-electron chi connectivity index (χ0n) is 18.3. The Kier molecular flexibility index (Phi) is 5.82. The molecule has 1 aliphatic heterocycles. The first kappa shape index (κ1) is 20.8. The molecule has 0 saturated carbocycles. The number of hydrogen-bond donors (Lipinski definition) is 1. The number of amides is 1. The number of carbonyl (C=O) groups excluding carboxylic acids is 1. The van der Waals surface area contributed by atoms with Crippen molar-refractivity contribution >= 4 is 28.7 Å². The monoisotopic (exact) mass is 425 g/mol. The summed E-state index contributed by atoms with van der Waals surface area (Å²) < 4.78 is 2.09. The van der Waals surface area contributed by atoms with Crippen LogP contribution in [0.15, 0.2) is 36.1 Å². The predicted octanol–water partition coefficient (Wildman–Crippen LogP) is 4.59. The molecule has 3 aromatic heterocycles. The summed E-state index contributed by atoms with van der Waals surface area (Å²) in [5, 5.41) is 5.72. The Hall–Kier alpha value is -2.41. The molecule has 0 radical (unpaired) electrons. The van der Waals surface area contributed by atoms with Gasteiger partial charge in [0.1, 0.15) is 5.82 Å². The molecule has 1 amide bonds. The molecule has 0 aliphatic carbocycles. The zero-order valence-corrected chi connectivity index (χ0v) is 19.1. The lowest BCUT2D eigenvalue weighted by molar-refractivity contribution is -0.136. The van der Waals surface area contributed by atoms with E-state index in [4.69, 9.17) is 4.98 Å². The van der Waals surface area contributed by atoms with Crippen molar-refractivity contribution in [3.63, 3.8) is 0 Å². The van der Waals surface area contributed by atoms with Gasteiger partial charge in [-0.2, -0.15) is 0 Å². The highest BCUT2D eigenvalue weighted by molar-refractivity contribution is 7.09. The van der Waals surface area contributed by atoms with Gasteiger partial charge in [-0.05, 0) is 51.5 Å². The predicted molar refractivity (Wildman–Crippen MR) is 122 cm³/mol. The van der Waals surface area contributed by atoms with Crippen LogP contribution in [0, 0.1) is 5.92 Å². The lowest BCUT2D eigenvalue weighted by Gasteiger charge is -2.34. The molecule has 1 aliphatic rings. The summed E-state index contributed by atoms with van der Waals surface area (Å²) >= 11 is 1.73. The normalized spacial score (nSPS) is 16.7. The molecule has 7 heteroatoms. The van der Waals surface area contributed by atoms with Gasteiger partial charge in [0.2, 0.25) is 5.91 Å². The topological polar surface area (TPSA) is 62.5 Å². The van der Waals surface area contributed by atoms with Crippen LogP contribution in [-0.2, 0) is 11.2 Å². The van der Waals surface area contributed by atoms with E-state index < -0.39 is 0 Å². The molecular formula is C23H31N5OS. The number of anilines is 1. The number of aromatic nitrogens is 3. The molecule has 1 saturated heterocycles. The molecule has 1 atom stereocenters. The highest BCUT2D eigenvalue weighted by Crippen LogP contribution is 2.34. The summed E-state index contributed by atoms with van der Waals surface area (Å²) in [6.07, 6.45) is 8.27. The SMILES string of the molecule is C[C@@H](Cc1cccs1)C(=O)N1CCC(c2nc3cnccn3c2NC(C)(C)C)CC1. The van der Waals surface area contributed by atoms with E-state index in [1.807, 2.05) is 17.3 Å². The van der Waals surface area contributed by atoms with Crippen molar-refractivity contribution in [3.05, 3.63) is 46.7 Å². The summed E-state index contributed by atoms with van der Waals surface area (Å²) in [7, 11) is 0. The van der Waals surface area contributed by atoms with E-state index >= 15 is 0 Å². The van der Waals surface area contributed by atoms with Crippen molar-refractivity contribution < 1.29 is 4.79 Å². The van der Waals surface area contributed by atoms with Gasteiger partial charge in [-0.25, -0.2) is 4.98 Å². The molecule has 4 rings (SSSR count). The molecule has 0 bridgehead atoms.